The summed E-state index contributed by atoms with van der Waals surface area (Å²) in [6, 6.07) is 15.0. The highest BCUT2D eigenvalue weighted by molar-refractivity contribution is 7.18. The van der Waals surface area contributed by atoms with Gasteiger partial charge in [-0.1, -0.05) is 47.7 Å². The average Bonchev–Trinajstić information content (AvgIpc) is 2.92. The molecule has 2 N–H and O–H groups in total. The Hall–Kier alpha value is -2.73. The summed E-state index contributed by atoms with van der Waals surface area (Å²) < 4.78 is 13.2. The van der Waals surface area contributed by atoms with E-state index in [1.807, 2.05) is 18.2 Å². The molecule has 0 aliphatic heterocycles. The summed E-state index contributed by atoms with van der Waals surface area (Å²) in [5.41, 5.74) is 1.64. The van der Waals surface area contributed by atoms with Crippen LogP contribution < -0.4 is 5.32 Å². The molecule has 3 rings (SSSR count). The maximum Gasteiger partial charge on any atom is 0.348 e. The second-order valence-corrected chi connectivity index (χ2v) is 5.50. The monoisotopic (exact) mass is 314 g/mol. The second-order valence-electron chi connectivity index (χ2n) is 4.50. The van der Waals surface area contributed by atoms with Crippen molar-refractivity contribution in [1.29, 1.82) is 0 Å². The maximum absolute atomic E-state index is 13.2. The van der Waals surface area contributed by atoms with Crippen LogP contribution in [0, 0.1) is 5.82 Å². The van der Waals surface area contributed by atoms with Crippen molar-refractivity contribution in [2.45, 2.75) is 0 Å². The van der Waals surface area contributed by atoms with Crippen LogP contribution in [0.1, 0.15) is 9.67 Å². The van der Waals surface area contributed by atoms with Gasteiger partial charge in [0.2, 0.25) is 0 Å². The summed E-state index contributed by atoms with van der Waals surface area (Å²) in [4.78, 5) is 15.9. The molecule has 0 amide bonds. The molecule has 0 atom stereocenters. The van der Waals surface area contributed by atoms with Gasteiger partial charge >= 0.3 is 5.97 Å². The number of nitrogens with one attached hydrogen (secondary N) is 1. The topological polar surface area (TPSA) is 62.2 Å². The predicted octanol–water partition coefficient (Wildman–Crippen LogP) is 4.39. The fraction of sp³-hybridized carbons (Fsp3) is 0. The Morgan fingerprint density at radius 3 is 2.59 bits per heavy atom. The first-order valence-corrected chi connectivity index (χ1v) is 7.27. The van der Waals surface area contributed by atoms with Gasteiger partial charge in [-0.05, 0) is 18.2 Å². The summed E-state index contributed by atoms with van der Waals surface area (Å²) in [5, 5.41) is 12.7. The normalized spacial score (nSPS) is 10.4. The van der Waals surface area contributed by atoms with Gasteiger partial charge in [0.15, 0.2) is 5.13 Å². The minimum absolute atomic E-state index is 0.144. The number of hydrogen-bond donors (Lipinski definition) is 2. The van der Waals surface area contributed by atoms with Gasteiger partial charge in [0.1, 0.15) is 10.7 Å². The molecule has 110 valence electrons. The van der Waals surface area contributed by atoms with Crippen molar-refractivity contribution in [3.63, 3.8) is 0 Å². The molecule has 1 aromatic heterocycles. The molecule has 22 heavy (non-hydrogen) atoms. The Morgan fingerprint density at radius 1 is 1.14 bits per heavy atom. The Balaban J connectivity index is 1.99. The Labute approximate surface area is 129 Å². The number of nitrogens with zero attached hydrogens (tertiary/aromatic N) is 1. The Morgan fingerprint density at radius 2 is 1.91 bits per heavy atom. The number of thiazole rings is 1. The number of benzene rings is 2. The van der Waals surface area contributed by atoms with Crippen molar-refractivity contribution in [3.8, 4) is 11.3 Å². The molecule has 0 spiro atoms. The standard InChI is InChI=1S/C16H11FN2O2S/c17-11-7-4-8-12(9-11)18-16-19-13(14(22-16)15(20)21)10-5-2-1-3-6-10/h1-9H,(H,18,19)(H,20,21). The number of aromatic carboxylic acids is 1. The van der Waals surface area contributed by atoms with Crippen molar-refractivity contribution in [3.05, 3.63) is 65.3 Å². The number of carboxylic acid groups (broad SMARTS) is 1. The third kappa shape index (κ3) is 2.96. The zero-order chi connectivity index (χ0) is 15.5. The number of hydrogen-bond acceptors (Lipinski definition) is 4. The fourth-order valence-electron chi connectivity index (χ4n) is 2.00. The minimum Gasteiger partial charge on any atom is -0.477 e. The van der Waals surface area contributed by atoms with Crippen molar-refractivity contribution in [2.24, 2.45) is 0 Å². The lowest BCUT2D eigenvalue weighted by molar-refractivity contribution is 0.0702. The first-order chi connectivity index (χ1) is 10.6. The average molecular weight is 314 g/mol. The highest BCUT2D eigenvalue weighted by atomic mass is 32.1. The number of anilines is 2. The molecule has 0 saturated carbocycles. The molecule has 3 aromatic rings. The van der Waals surface area contributed by atoms with Crippen LogP contribution in [-0.4, -0.2) is 16.1 Å². The molecule has 0 aliphatic carbocycles. The number of aromatic nitrogens is 1. The van der Waals surface area contributed by atoms with Crippen LogP contribution in [0.3, 0.4) is 0 Å². The van der Waals surface area contributed by atoms with E-state index in [9.17, 15) is 14.3 Å². The summed E-state index contributed by atoms with van der Waals surface area (Å²) in [6.07, 6.45) is 0. The summed E-state index contributed by atoms with van der Waals surface area (Å²) in [7, 11) is 0. The lowest BCUT2D eigenvalue weighted by Crippen LogP contribution is -1.95. The van der Waals surface area contributed by atoms with E-state index in [2.05, 4.69) is 10.3 Å². The van der Waals surface area contributed by atoms with Crippen molar-refractivity contribution in [1.82, 2.24) is 4.98 Å². The fourth-order valence-corrected chi connectivity index (χ4v) is 2.85. The quantitative estimate of drug-likeness (QED) is 0.749. The molecular formula is C16H11FN2O2S. The van der Waals surface area contributed by atoms with E-state index >= 15 is 0 Å². The van der Waals surface area contributed by atoms with Crippen LogP contribution in [0.15, 0.2) is 54.6 Å². The second kappa shape index (κ2) is 5.95. The summed E-state index contributed by atoms with van der Waals surface area (Å²) >= 11 is 1.02. The van der Waals surface area contributed by atoms with Gasteiger partial charge in [-0.3, -0.25) is 0 Å². The van der Waals surface area contributed by atoms with E-state index < -0.39 is 5.97 Å². The zero-order valence-corrected chi connectivity index (χ0v) is 12.1. The molecule has 0 saturated heterocycles. The minimum atomic E-state index is -1.04. The highest BCUT2D eigenvalue weighted by Crippen LogP contribution is 2.32. The van der Waals surface area contributed by atoms with Crippen LogP contribution in [-0.2, 0) is 0 Å². The van der Waals surface area contributed by atoms with Gasteiger partial charge in [-0.2, -0.15) is 0 Å². The Kier molecular flexibility index (Phi) is 3.84. The van der Waals surface area contributed by atoms with Crippen molar-refractivity contribution in [2.75, 3.05) is 5.32 Å². The predicted molar refractivity (Wildman–Crippen MR) is 84.2 cm³/mol. The molecule has 4 nitrogen and oxygen atoms in total. The molecule has 6 heteroatoms. The number of carboxylic acids is 1. The summed E-state index contributed by atoms with van der Waals surface area (Å²) in [6.45, 7) is 0. The van der Waals surface area contributed by atoms with E-state index in [0.717, 1.165) is 16.9 Å². The van der Waals surface area contributed by atoms with Crippen LogP contribution >= 0.6 is 11.3 Å². The molecular weight excluding hydrogens is 303 g/mol. The van der Waals surface area contributed by atoms with E-state index in [4.69, 9.17) is 0 Å². The number of halogens is 1. The first-order valence-electron chi connectivity index (χ1n) is 6.45. The largest absolute Gasteiger partial charge is 0.477 e. The van der Waals surface area contributed by atoms with Crippen LogP contribution in [0.5, 0.6) is 0 Å². The van der Waals surface area contributed by atoms with E-state index in [1.165, 1.54) is 12.1 Å². The number of carbonyl (C=O) groups is 1. The van der Waals surface area contributed by atoms with E-state index in [-0.39, 0.29) is 10.7 Å². The van der Waals surface area contributed by atoms with Crippen molar-refractivity contribution < 1.29 is 14.3 Å². The first kappa shape index (κ1) is 14.2. The van der Waals surface area contributed by atoms with Crippen LogP contribution in [0.25, 0.3) is 11.3 Å². The molecule has 0 fully saturated rings. The van der Waals surface area contributed by atoms with Crippen LogP contribution in [0.4, 0.5) is 15.2 Å². The SMILES string of the molecule is O=C(O)c1sc(Nc2cccc(F)c2)nc1-c1ccccc1. The number of rotatable bonds is 4. The maximum atomic E-state index is 13.2. The molecule has 0 radical (unpaired) electrons. The molecule has 0 unspecified atom stereocenters. The zero-order valence-electron chi connectivity index (χ0n) is 11.3. The third-order valence-electron chi connectivity index (χ3n) is 2.94. The molecule has 2 aromatic carbocycles. The summed E-state index contributed by atoms with van der Waals surface area (Å²) in [5.74, 6) is -1.41. The van der Waals surface area contributed by atoms with Gasteiger partial charge < -0.3 is 10.4 Å². The van der Waals surface area contributed by atoms with E-state index in [0.29, 0.717) is 16.5 Å². The third-order valence-corrected chi connectivity index (χ3v) is 3.90. The molecule has 0 bridgehead atoms. The van der Waals surface area contributed by atoms with Gasteiger partial charge in [0, 0.05) is 11.3 Å². The van der Waals surface area contributed by atoms with Gasteiger partial charge in [0.05, 0.1) is 5.69 Å². The Bertz CT molecular complexity index is 818. The van der Waals surface area contributed by atoms with Crippen molar-refractivity contribution >= 4 is 28.1 Å². The van der Waals surface area contributed by atoms with Gasteiger partial charge in [-0.25, -0.2) is 14.2 Å². The molecule has 1 heterocycles. The van der Waals surface area contributed by atoms with Gasteiger partial charge in [0.25, 0.3) is 0 Å². The van der Waals surface area contributed by atoms with Gasteiger partial charge in [-0.15, -0.1) is 0 Å². The highest BCUT2D eigenvalue weighted by Gasteiger charge is 2.18. The smallest absolute Gasteiger partial charge is 0.348 e. The molecule has 0 aliphatic rings. The lowest BCUT2D eigenvalue weighted by atomic mass is 10.1. The lowest BCUT2D eigenvalue weighted by Gasteiger charge is -2.01. The van der Waals surface area contributed by atoms with Crippen LogP contribution in [0.2, 0.25) is 0 Å². The van der Waals surface area contributed by atoms with E-state index in [1.54, 1.807) is 24.3 Å².